The Morgan fingerprint density at radius 3 is 2.33 bits per heavy atom. The molecule has 1 aromatic heterocycles. The van der Waals surface area contributed by atoms with Gasteiger partial charge in [0.2, 0.25) is 0 Å². The van der Waals surface area contributed by atoms with E-state index in [1.165, 1.54) is 30.6 Å². The van der Waals surface area contributed by atoms with Gasteiger partial charge in [0.1, 0.15) is 12.3 Å². The molecule has 3 aromatic rings. The first-order valence-electron chi connectivity index (χ1n) is 9.15. The first-order chi connectivity index (χ1) is 14.1. The summed E-state index contributed by atoms with van der Waals surface area (Å²) in [4.78, 5) is 28.8. The summed E-state index contributed by atoms with van der Waals surface area (Å²) in [6, 6.07) is 10.2. The maximum Gasteiger partial charge on any atom is 0.325 e. The third-order valence-electron chi connectivity index (χ3n) is 4.73. The predicted octanol–water partition coefficient (Wildman–Crippen LogP) is 2.70. The highest BCUT2D eigenvalue weighted by molar-refractivity contribution is 7.92. The summed E-state index contributed by atoms with van der Waals surface area (Å²) < 4.78 is 32.3. The second-order valence-electron chi connectivity index (χ2n) is 7.03. The molecule has 3 rings (SSSR count). The number of methoxy groups -OCH3 is 1. The van der Waals surface area contributed by atoms with E-state index in [-0.39, 0.29) is 16.2 Å². The number of thiazole rings is 1. The minimum Gasteiger partial charge on any atom is -0.468 e. The van der Waals surface area contributed by atoms with Crippen LogP contribution in [-0.4, -0.2) is 37.7 Å². The molecule has 0 N–H and O–H groups in total. The molecule has 2 aromatic carbocycles. The van der Waals surface area contributed by atoms with E-state index in [1.54, 1.807) is 16.7 Å². The van der Waals surface area contributed by atoms with E-state index in [2.05, 4.69) is 4.99 Å². The van der Waals surface area contributed by atoms with Crippen molar-refractivity contribution in [2.45, 2.75) is 32.2 Å². The van der Waals surface area contributed by atoms with Gasteiger partial charge in [-0.25, -0.2) is 8.42 Å². The number of benzene rings is 2. The quantitative estimate of drug-likeness (QED) is 0.562. The van der Waals surface area contributed by atoms with Gasteiger partial charge in [-0.15, -0.1) is 0 Å². The molecule has 0 spiro atoms. The van der Waals surface area contributed by atoms with Crippen LogP contribution < -0.4 is 4.80 Å². The lowest BCUT2D eigenvalue weighted by Gasteiger charge is -2.06. The van der Waals surface area contributed by atoms with E-state index < -0.39 is 27.5 Å². The first kappa shape index (κ1) is 21.9. The first-order valence-corrected chi connectivity index (χ1v) is 11.6. The molecule has 7 nitrogen and oxygen atoms in total. The molecule has 0 fully saturated rings. The van der Waals surface area contributed by atoms with Crippen LogP contribution in [0.15, 0.2) is 46.3 Å². The fourth-order valence-corrected chi connectivity index (χ4v) is 5.12. The van der Waals surface area contributed by atoms with Gasteiger partial charge >= 0.3 is 5.97 Å². The van der Waals surface area contributed by atoms with Crippen molar-refractivity contribution >= 4 is 43.3 Å². The van der Waals surface area contributed by atoms with Crippen LogP contribution in [0, 0.1) is 20.8 Å². The Labute approximate surface area is 178 Å². The number of esters is 1. The summed E-state index contributed by atoms with van der Waals surface area (Å²) >= 11 is 1.22. The highest BCUT2D eigenvalue weighted by Gasteiger charge is 2.20. The zero-order chi connectivity index (χ0) is 22.1. The van der Waals surface area contributed by atoms with Crippen molar-refractivity contribution in [3.63, 3.8) is 0 Å². The normalized spacial score (nSPS) is 12.3. The SMILES string of the molecule is COC(=O)Cn1c(=NC(=O)CS(=O)(=O)c2ccc(C)cc2)sc2cc(C)c(C)cc21. The summed E-state index contributed by atoms with van der Waals surface area (Å²) in [5.74, 6) is -2.04. The van der Waals surface area contributed by atoms with E-state index in [0.717, 1.165) is 26.9 Å². The summed E-state index contributed by atoms with van der Waals surface area (Å²) in [6.45, 7) is 5.64. The Hall–Kier alpha value is -2.78. The largest absolute Gasteiger partial charge is 0.468 e. The van der Waals surface area contributed by atoms with Crippen molar-refractivity contribution < 1.29 is 22.7 Å². The number of nitrogens with zero attached hydrogens (tertiary/aromatic N) is 2. The van der Waals surface area contributed by atoms with Crippen LogP contribution in [0.3, 0.4) is 0 Å². The maximum atomic E-state index is 12.6. The van der Waals surface area contributed by atoms with Crippen molar-refractivity contribution in [1.29, 1.82) is 0 Å². The molecule has 0 aliphatic heterocycles. The average Bonchev–Trinajstić information content (AvgIpc) is 2.97. The zero-order valence-corrected chi connectivity index (χ0v) is 18.8. The van der Waals surface area contributed by atoms with E-state index in [1.807, 2.05) is 32.9 Å². The Morgan fingerprint density at radius 1 is 1.07 bits per heavy atom. The van der Waals surface area contributed by atoms with Crippen molar-refractivity contribution in [3.8, 4) is 0 Å². The molecule has 0 bridgehead atoms. The van der Waals surface area contributed by atoms with Crippen LogP contribution in [0.5, 0.6) is 0 Å². The Kier molecular flexibility index (Phi) is 6.23. The van der Waals surface area contributed by atoms with Gasteiger partial charge in [0.25, 0.3) is 5.91 Å². The molecule has 0 aliphatic rings. The van der Waals surface area contributed by atoms with Gasteiger partial charge in [-0.05, 0) is 56.2 Å². The van der Waals surface area contributed by atoms with Crippen LogP contribution in [0.4, 0.5) is 0 Å². The van der Waals surface area contributed by atoms with Gasteiger partial charge in [-0.1, -0.05) is 29.0 Å². The van der Waals surface area contributed by atoms with Gasteiger partial charge in [-0.3, -0.25) is 9.59 Å². The highest BCUT2D eigenvalue weighted by atomic mass is 32.2. The molecule has 0 saturated carbocycles. The number of rotatable bonds is 5. The summed E-state index contributed by atoms with van der Waals surface area (Å²) in [5.41, 5.74) is 3.75. The molecule has 0 unspecified atom stereocenters. The standard InChI is InChI=1S/C21H22N2O5S2/c1-13-5-7-16(8-6-13)30(26,27)12-19(24)22-21-23(11-20(25)28-4)17-9-14(2)15(3)10-18(17)29-21/h5-10H,11-12H2,1-4H3. The van der Waals surface area contributed by atoms with Crippen molar-refractivity contribution in [2.75, 3.05) is 12.9 Å². The Balaban J connectivity index is 2.03. The number of aryl methyl sites for hydroxylation is 3. The maximum absolute atomic E-state index is 12.6. The molecule has 158 valence electrons. The number of sulfone groups is 1. The van der Waals surface area contributed by atoms with E-state index >= 15 is 0 Å². The third-order valence-corrected chi connectivity index (χ3v) is 7.39. The fourth-order valence-electron chi connectivity index (χ4n) is 2.88. The van der Waals surface area contributed by atoms with Gasteiger partial charge in [-0.2, -0.15) is 4.99 Å². The molecule has 0 aliphatic carbocycles. The fraction of sp³-hybridized carbons (Fsp3) is 0.286. The van der Waals surface area contributed by atoms with Gasteiger partial charge in [0, 0.05) is 0 Å². The number of ether oxygens (including phenoxy) is 1. The minimum absolute atomic E-state index is 0.0710. The van der Waals surface area contributed by atoms with Crippen LogP contribution in [0.1, 0.15) is 16.7 Å². The van der Waals surface area contributed by atoms with Gasteiger partial charge in [0.05, 0.1) is 22.2 Å². The number of carbonyl (C=O) groups excluding carboxylic acids is 2. The van der Waals surface area contributed by atoms with Crippen molar-refractivity contribution in [2.24, 2.45) is 4.99 Å². The van der Waals surface area contributed by atoms with Crippen LogP contribution >= 0.6 is 11.3 Å². The number of fused-ring (bicyclic) bond motifs is 1. The molecular formula is C21H22N2O5S2. The van der Waals surface area contributed by atoms with Crippen LogP contribution in [0.2, 0.25) is 0 Å². The zero-order valence-electron chi connectivity index (χ0n) is 17.1. The summed E-state index contributed by atoms with van der Waals surface area (Å²) in [5, 5.41) is 0. The van der Waals surface area contributed by atoms with E-state index in [0.29, 0.717) is 0 Å². The van der Waals surface area contributed by atoms with E-state index in [9.17, 15) is 18.0 Å². The highest BCUT2D eigenvalue weighted by Crippen LogP contribution is 2.22. The van der Waals surface area contributed by atoms with Crippen LogP contribution in [-0.2, 0) is 30.7 Å². The lowest BCUT2D eigenvalue weighted by molar-refractivity contribution is -0.141. The average molecular weight is 447 g/mol. The third kappa shape index (κ3) is 4.68. The molecule has 9 heteroatoms. The Bertz CT molecular complexity index is 1300. The number of carbonyl (C=O) groups is 2. The molecule has 0 saturated heterocycles. The topological polar surface area (TPSA) is 94.8 Å². The van der Waals surface area contributed by atoms with Crippen LogP contribution in [0.25, 0.3) is 10.2 Å². The molecular weight excluding hydrogens is 424 g/mol. The van der Waals surface area contributed by atoms with Crippen molar-refractivity contribution in [3.05, 3.63) is 57.9 Å². The predicted molar refractivity (Wildman–Crippen MR) is 115 cm³/mol. The second-order valence-corrected chi connectivity index (χ2v) is 10.0. The van der Waals surface area contributed by atoms with E-state index in [4.69, 9.17) is 4.74 Å². The smallest absolute Gasteiger partial charge is 0.325 e. The van der Waals surface area contributed by atoms with Crippen molar-refractivity contribution in [1.82, 2.24) is 4.57 Å². The lowest BCUT2D eigenvalue weighted by atomic mass is 10.1. The molecule has 0 atom stereocenters. The van der Waals surface area contributed by atoms with Gasteiger partial charge in [0.15, 0.2) is 14.6 Å². The molecule has 0 radical (unpaired) electrons. The molecule has 1 heterocycles. The van der Waals surface area contributed by atoms with Gasteiger partial charge < -0.3 is 9.30 Å². The second kappa shape index (κ2) is 8.53. The Morgan fingerprint density at radius 2 is 1.70 bits per heavy atom. The minimum atomic E-state index is -3.82. The number of hydrogen-bond acceptors (Lipinski definition) is 6. The number of hydrogen-bond donors (Lipinski definition) is 0. The number of amides is 1. The number of aromatic nitrogens is 1. The molecule has 30 heavy (non-hydrogen) atoms. The monoisotopic (exact) mass is 446 g/mol. The molecule has 1 amide bonds. The summed E-state index contributed by atoms with van der Waals surface area (Å²) in [6.07, 6.45) is 0. The summed E-state index contributed by atoms with van der Waals surface area (Å²) in [7, 11) is -2.54. The lowest BCUT2D eigenvalue weighted by Crippen LogP contribution is -2.24.